The Morgan fingerprint density at radius 1 is 1.03 bits per heavy atom. The zero-order chi connectivity index (χ0) is 25.4. The van der Waals surface area contributed by atoms with Gasteiger partial charge in [0.2, 0.25) is 0 Å². The van der Waals surface area contributed by atoms with Crippen LogP contribution in [0.15, 0.2) is 66.9 Å². The summed E-state index contributed by atoms with van der Waals surface area (Å²) in [4.78, 5) is 9.62. The maximum absolute atomic E-state index is 10.8. The van der Waals surface area contributed by atoms with E-state index in [1.807, 2.05) is 25.1 Å². The van der Waals surface area contributed by atoms with Gasteiger partial charge in [0.25, 0.3) is 0 Å². The highest BCUT2D eigenvalue weighted by molar-refractivity contribution is 5.91. The summed E-state index contributed by atoms with van der Waals surface area (Å²) in [6.07, 6.45) is 5.19. The molecule has 0 aliphatic heterocycles. The molecule has 2 fully saturated rings. The minimum absolute atomic E-state index is 0.414. The fourth-order valence-electron chi connectivity index (χ4n) is 6.00. The summed E-state index contributed by atoms with van der Waals surface area (Å²) in [5.41, 5.74) is 12.7. The third kappa shape index (κ3) is 3.37. The molecule has 5 aromatic rings. The summed E-state index contributed by atoms with van der Waals surface area (Å²) in [5.74, 6) is 0.414. The van der Waals surface area contributed by atoms with Crippen molar-refractivity contribution < 1.29 is 5.11 Å². The van der Waals surface area contributed by atoms with Crippen LogP contribution in [0, 0.1) is 24.2 Å². The molecule has 0 radical (unpaired) electrons. The van der Waals surface area contributed by atoms with Gasteiger partial charge in [-0.1, -0.05) is 54.6 Å². The normalized spacial score (nSPS) is 23.2. The van der Waals surface area contributed by atoms with Crippen LogP contribution in [-0.2, 0) is 5.54 Å². The van der Waals surface area contributed by atoms with E-state index in [1.165, 1.54) is 0 Å². The highest BCUT2D eigenvalue weighted by Crippen LogP contribution is 2.57. The highest BCUT2D eigenvalue weighted by Gasteiger charge is 2.58. The number of aromatic nitrogens is 4. The molecule has 2 aliphatic carbocycles. The number of fused-ring (bicyclic) bond motifs is 3. The number of pyridine rings is 1. The van der Waals surface area contributed by atoms with Gasteiger partial charge < -0.3 is 10.8 Å². The number of benzene rings is 2. The van der Waals surface area contributed by atoms with Crippen LogP contribution < -0.4 is 5.73 Å². The average Bonchev–Trinajstić information content (AvgIpc) is 3.71. The molecule has 0 atom stereocenters. The van der Waals surface area contributed by atoms with Crippen molar-refractivity contribution in [3.05, 3.63) is 83.7 Å². The van der Waals surface area contributed by atoms with Gasteiger partial charge in [-0.3, -0.25) is 0 Å². The number of nitriles is 1. The average molecular weight is 487 g/mol. The predicted octanol–water partition coefficient (Wildman–Crippen LogP) is 4.88. The Morgan fingerprint density at radius 3 is 2.43 bits per heavy atom. The summed E-state index contributed by atoms with van der Waals surface area (Å²) < 4.78 is 1.66. The fraction of sp³-hybridized carbons (Fsp3) is 0.267. The van der Waals surface area contributed by atoms with E-state index in [9.17, 15) is 10.4 Å². The first-order valence-corrected chi connectivity index (χ1v) is 12.7. The topological polar surface area (TPSA) is 113 Å². The second kappa shape index (κ2) is 7.69. The SMILES string of the molecule is Cc1nn2c(ncc3cc(-c4ccccc4)c(-c4ccc(C5(N)CC(O)(C6CC6)C5)cc4)nc32)c1C#N. The van der Waals surface area contributed by atoms with Gasteiger partial charge in [0.05, 0.1) is 17.0 Å². The quantitative estimate of drug-likeness (QED) is 0.374. The van der Waals surface area contributed by atoms with Crippen LogP contribution in [0.2, 0.25) is 0 Å². The van der Waals surface area contributed by atoms with Gasteiger partial charge in [0, 0.05) is 28.2 Å². The van der Waals surface area contributed by atoms with Crippen LogP contribution in [0.4, 0.5) is 0 Å². The maximum atomic E-state index is 10.8. The Morgan fingerprint density at radius 2 is 1.76 bits per heavy atom. The molecule has 0 amide bonds. The van der Waals surface area contributed by atoms with Gasteiger partial charge in [0.15, 0.2) is 11.3 Å². The second-order valence-corrected chi connectivity index (χ2v) is 10.7. The Balaban J connectivity index is 1.37. The zero-order valence-electron chi connectivity index (χ0n) is 20.5. The summed E-state index contributed by atoms with van der Waals surface area (Å²) in [5, 5.41) is 25.9. The number of nitrogens with two attached hydrogens (primary N) is 1. The molecule has 0 saturated heterocycles. The van der Waals surface area contributed by atoms with Crippen LogP contribution in [0.1, 0.15) is 42.5 Å². The van der Waals surface area contributed by atoms with Gasteiger partial charge in [-0.2, -0.15) is 14.9 Å². The number of nitrogens with zero attached hydrogens (tertiary/aromatic N) is 5. The van der Waals surface area contributed by atoms with Gasteiger partial charge in [-0.15, -0.1) is 0 Å². The molecule has 0 unspecified atom stereocenters. The molecule has 2 aromatic carbocycles. The van der Waals surface area contributed by atoms with Crippen molar-refractivity contribution in [1.82, 2.24) is 19.6 Å². The Hall–Kier alpha value is -4.12. The summed E-state index contributed by atoms with van der Waals surface area (Å²) in [6, 6.07) is 22.7. The van der Waals surface area contributed by atoms with E-state index in [4.69, 9.17) is 10.7 Å². The molecule has 7 nitrogen and oxygen atoms in total. The maximum Gasteiger partial charge on any atom is 0.175 e. The lowest BCUT2D eigenvalue weighted by atomic mass is 9.60. The molecule has 7 rings (SSSR count). The minimum Gasteiger partial charge on any atom is -0.389 e. The van der Waals surface area contributed by atoms with E-state index in [1.54, 1.807) is 10.7 Å². The minimum atomic E-state index is -0.600. The molecule has 2 aliphatic rings. The number of hydrogen-bond acceptors (Lipinski definition) is 6. The molecule has 0 spiro atoms. The molecular formula is C30H26N6O. The zero-order valence-corrected chi connectivity index (χ0v) is 20.5. The van der Waals surface area contributed by atoms with E-state index in [-0.39, 0.29) is 0 Å². The first kappa shape index (κ1) is 22.1. The van der Waals surface area contributed by atoms with Crippen molar-refractivity contribution in [2.24, 2.45) is 11.7 Å². The molecule has 3 N–H and O–H groups in total. The predicted molar refractivity (Wildman–Crippen MR) is 141 cm³/mol. The van der Waals surface area contributed by atoms with E-state index in [0.29, 0.717) is 41.3 Å². The van der Waals surface area contributed by atoms with Crippen molar-refractivity contribution in [3.63, 3.8) is 0 Å². The van der Waals surface area contributed by atoms with Crippen LogP contribution in [0.3, 0.4) is 0 Å². The Kier molecular flexibility index (Phi) is 4.59. The molecular weight excluding hydrogens is 460 g/mol. The third-order valence-electron chi connectivity index (χ3n) is 8.10. The smallest absolute Gasteiger partial charge is 0.175 e. The Labute approximate surface area is 214 Å². The lowest BCUT2D eigenvalue weighted by molar-refractivity contribution is -0.106. The number of aryl methyl sites for hydroxylation is 1. The summed E-state index contributed by atoms with van der Waals surface area (Å²) in [7, 11) is 0. The van der Waals surface area contributed by atoms with Crippen molar-refractivity contribution in [3.8, 4) is 28.5 Å². The first-order chi connectivity index (χ1) is 17.9. The van der Waals surface area contributed by atoms with E-state index in [0.717, 1.165) is 46.2 Å². The molecule has 182 valence electrons. The molecule has 7 heteroatoms. The molecule has 0 bridgehead atoms. The lowest BCUT2D eigenvalue weighted by Gasteiger charge is -2.52. The molecule has 37 heavy (non-hydrogen) atoms. The van der Waals surface area contributed by atoms with Crippen LogP contribution >= 0.6 is 0 Å². The van der Waals surface area contributed by atoms with Crippen molar-refractivity contribution >= 4 is 16.7 Å². The number of rotatable bonds is 4. The van der Waals surface area contributed by atoms with Gasteiger partial charge in [-0.25, -0.2) is 9.97 Å². The van der Waals surface area contributed by atoms with Gasteiger partial charge in [-0.05, 0) is 55.7 Å². The number of hydrogen-bond donors (Lipinski definition) is 2. The monoisotopic (exact) mass is 486 g/mol. The lowest BCUT2D eigenvalue weighted by Crippen LogP contribution is -2.60. The van der Waals surface area contributed by atoms with Gasteiger partial charge in [0.1, 0.15) is 11.6 Å². The third-order valence-corrected chi connectivity index (χ3v) is 8.10. The second-order valence-electron chi connectivity index (χ2n) is 10.7. The van der Waals surface area contributed by atoms with Crippen molar-refractivity contribution in [2.75, 3.05) is 0 Å². The molecule has 2 saturated carbocycles. The van der Waals surface area contributed by atoms with E-state index < -0.39 is 11.1 Å². The molecule has 3 heterocycles. The standard InChI is InChI=1S/C30H26N6O/c1-18-25(14-31)28-33-15-21-13-24(19-5-3-2-4-6-19)26(34-27(21)36(28)35-18)20-7-9-22(10-8-20)29(32)16-30(37,17-29)23-11-12-23/h2-10,13,15,23,37H,11-12,16-17,32H2,1H3. The van der Waals surface area contributed by atoms with Crippen molar-refractivity contribution in [1.29, 1.82) is 5.26 Å². The van der Waals surface area contributed by atoms with Crippen LogP contribution in [0.5, 0.6) is 0 Å². The summed E-state index contributed by atoms with van der Waals surface area (Å²) >= 11 is 0. The highest BCUT2D eigenvalue weighted by atomic mass is 16.3. The van der Waals surface area contributed by atoms with E-state index in [2.05, 4.69) is 58.6 Å². The van der Waals surface area contributed by atoms with Crippen LogP contribution in [-0.4, -0.2) is 30.3 Å². The van der Waals surface area contributed by atoms with Crippen LogP contribution in [0.25, 0.3) is 39.1 Å². The Bertz CT molecular complexity index is 1720. The van der Waals surface area contributed by atoms with E-state index >= 15 is 0 Å². The van der Waals surface area contributed by atoms with Gasteiger partial charge >= 0.3 is 0 Å². The number of aliphatic hydroxyl groups is 1. The largest absolute Gasteiger partial charge is 0.389 e. The fourth-order valence-corrected chi connectivity index (χ4v) is 6.00. The first-order valence-electron chi connectivity index (χ1n) is 12.7. The van der Waals surface area contributed by atoms with Crippen molar-refractivity contribution in [2.45, 2.75) is 43.7 Å². The molecule has 3 aromatic heterocycles. The summed E-state index contributed by atoms with van der Waals surface area (Å²) in [6.45, 7) is 1.81.